The zero-order chi connectivity index (χ0) is 13.2. The normalized spacial score (nSPS) is 24.6. The van der Waals surface area contributed by atoms with Gasteiger partial charge in [-0.05, 0) is 30.5 Å². The summed E-state index contributed by atoms with van der Waals surface area (Å²) in [4.78, 5) is 11.4. The number of carbonyl (C=O) groups excluding carboxylic acids is 1. The highest BCUT2D eigenvalue weighted by molar-refractivity contribution is 5.72. The Kier molecular flexibility index (Phi) is 3.32. The molecule has 2 unspecified atom stereocenters. The van der Waals surface area contributed by atoms with Crippen LogP contribution in [-0.2, 0) is 16.0 Å². The van der Waals surface area contributed by atoms with Gasteiger partial charge in [0.05, 0.1) is 6.42 Å². The predicted octanol–water partition coefficient (Wildman–Crippen LogP) is 2.69. The van der Waals surface area contributed by atoms with Gasteiger partial charge in [-0.1, -0.05) is 19.4 Å². The Hall–Kier alpha value is -1.71. The van der Waals surface area contributed by atoms with Crippen LogP contribution in [-0.4, -0.2) is 18.9 Å². The number of esters is 1. The highest BCUT2D eigenvalue weighted by atomic mass is 16.7. The summed E-state index contributed by atoms with van der Waals surface area (Å²) in [6, 6.07) is 5.98. The summed E-state index contributed by atoms with van der Waals surface area (Å²) in [5, 5.41) is 0. The van der Waals surface area contributed by atoms with E-state index in [0.29, 0.717) is 13.2 Å². The lowest BCUT2D eigenvalue weighted by Gasteiger charge is -2.16. The lowest BCUT2D eigenvalue weighted by atomic mass is 9.91. The average molecular weight is 262 g/mol. The number of benzene rings is 1. The van der Waals surface area contributed by atoms with Gasteiger partial charge in [-0.2, -0.15) is 0 Å². The fourth-order valence-electron chi connectivity index (χ4n) is 2.81. The molecule has 0 spiro atoms. The maximum atomic E-state index is 11.4. The summed E-state index contributed by atoms with van der Waals surface area (Å²) in [5.74, 6) is 1.82. The van der Waals surface area contributed by atoms with Crippen molar-refractivity contribution in [2.24, 2.45) is 5.92 Å². The van der Waals surface area contributed by atoms with E-state index in [4.69, 9.17) is 14.2 Å². The van der Waals surface area contributed by atoms with Gasteiger partial charge in [0, 0.05) is 5.92 Å². The minimum atomic E-state index is -0.0656. The van der Waals surface area contributed by atoms with E-state index in [1.165, 1.54) is 5.56 Å². The van der Waals surface area contributed by atoms with Gasteiger partial charge in [-0.15, -0.1) is 0 Å². The smallest absolute Gasteiger partial charge is 0.306 e. The van der Waals surface area contributed by atoms with Gasteiger partial charge in [-0.3, -0.25) is 4.79 Å². The number of hydrogen-bond donors (Lipinski definition) is 0. The van der Waals surface area contributed by atoms with Gasteiger partial charge in [0.25, 0.3) is 0 Å². The van der Waals surface area contributed by atoms with E-state index in [-0.39, 0.29) is 18.0 Å². The Morgan fingerprint density at radius 3 is 2.95 bits per heavy atom. The first-order chi connectivity index (χ1) is 9.26. The number of cyclic esters (lactones) is 1. The minimum absolute atomic E-state index is 0.0656. The molecule has 2 atom stereocenters. The zero-order valence-corrected chi connectivity index (χ0v) is 11.1. The van der Waals surface area contributed by atoms with Crippen LogP contribution in [0.5, 0.6) is 11.5 Å². The lowest BCUT2D eigenvalue weighted by Crippen LogP contribution is -2.17. The van der Waals surface area contributed by atoms with Crippen molar-refractivity contribution in [1.29, 1.82) is 0 Å². The summed E-state index contributed by atoms with van der Waals surface area (Å²) in [5.41, 5.74) is 1.17. The second-order valence-electron chi connectivity index (χ2n) is 5.17. The second-order valence-corrected chi connectivity index (χ2v) is 5.17. The first kappa shape index (κ1) is 12.3. The molecule has 4 heteroatoms. The van der Waals surface area contributed by atoms with E-state index in [2.05, 4.69) is 6.92 Å². The van der Waals surface area contributed by atoms with Crippen LogP contribution in [0.3, 0.4) is 0 Å². The van der Waals surface area contributed by atoms with E-state index >= 15 is 0 Å². The Balaban J connectivity index is 1.71. The van der Waals surface area contributed by atoms with Crippen molar-refractivity contribution < 1.29 is 19.0 Å². The Morgan fingerprint density at radius 2 is 2.11 bits per heavy atom. The topological polar surface area (TPSA) is 44.8 Å². The SMILES string of the molecule is CCCC1OC(=O)CC1Cc1ccc2c(c1)OCO2. The Morgan fingerprint density at radius 1 is 1.26 bits per heavy atom. The monoisotopic (exact) mass is 262 g/mol. The Labute approximate surface area is 112 Å². The largest absolute Gasteiger partial charge is 0.462 e. The molecule has 0 amide bonds. The molecule has 1 saturated heterocycles. The van der Waals surface area contributed by atoms with Crippen molar-refractivity contribution >= 4 is 5.97 Å². The standard InChI is InChI=1S/C15H18O4/c1-2-3-12-11(8-15(16)19-12)6-10-4-5-13-14(7-10)18-9-17-13/h4-5,7,11-12H,2-3,6,8-9H2,1H3. The van der Waals surface area contributed by atoms with Gasteiger partial charge in [0.1, 0.15) is 6.10 Å². The van der Waals surface area contributed by atoms with Crippen molar-refractivity contribution in [3.8, 4) is 11.5 Å². The maximum absolute atomic E-state index is 11.4. The molecule has 0 saturated carbocycles. The third kappa shape index (κ3) is 2.53. The summed E-state index contributed by atoms with van der Waals surface area (Å²) in [6.07, 6.45) is 3.44. The van der Waals surface area contributed by atoms with Gasteiger partial charge in [-0.25, -0.2) is 0 Å². The van der Waals surface area contributed by atoms with E-state index < -0.39 is 0 Å². The molecule has 19 heavy (non-hydrogen) atoms. The molecule has 0 aliphatic carbocycles. The van der Waals surface area contributed by atoms with E-state index in [9.17, 15) is 4.79 Å². The molecular weight excluding hydrogens is 244 g/mol. The van der Waals surface area contributed by atoms with Gasteiger partial charge in [0.15, 0.2) is 11.5 Å². The fraction of sp³-hybridized carbons (Fsp3) is 0.533. The number of rotatable bonds is 4. The molecule has 102 valence electrons. The molecule has 0 radical (unpaired) electrons. The van der Waals surface area contributed by atoms with Gasteiger partial charge < -0.3 is 14.2 Å². The minimum Gasteiger partial charge on any atom is -0.462 e. The van der Waals surface area contributed by atoms with Crippen LogP contribution >= 0.6 is 0 Å². The summed E-state index contributed by atoms with van der Waals surface area (Å²) >= 11 is 0. The third-order valence-electron chi connectivity index (χ3n) is 3.75. The molecule has 2 heterocycles. The summed E-state index contributed by atoms with van der Waals surface area (Å²) in [7, 11) is 0. The van der Waals surface area contributed by atoms with Crippen molar-refractivity contribution in [1.82, 2.24) is 0 Å². The molecule has 3 rings (SSSR count). The van der Waals surface area contributed by atoms with Crippen LogP contribution in [0.4, 0.5) is 0 Å². The van der Waals surface area contributed by atoms with Crippen LogP contribution in [0.1, 0.15) is 31.7 Å². The molecule has 1 aromatic carbocycles. The van der Waals surface area contributed by atoms with E-state index in [1.807, 2.05) is 18.2 Å². The lowest BCUT2D eigenvalue weighted by molar-refractivity contribution is -0.141. The predicted molar refractivity (Wildman–Crippen MR) is 69.2 cm³/mol. The zero-order valence-electron chi connectivity index (χ0n) is 11.1. The van der Waals surface area contributed by atoms with Crippen LogP contribution in [0.2, 0.25) is 0 Å². The van der Waals surface area contributed by atoms with Crippen molar-refractivity contribution in [2.75, 3.05) is 6.79 Å². The molecule has 2 aliphatic heterocycles. The van der Waals surface area contributed by atoms with Crippen LogP contribution in [0.15, 0.2) is 18.2 Å². The molecule has 1 aromatic rings. The molecule has 0 bridgehead atoms. The van der Waals surface area contributed by atoms with E-state index in [0.717, 1.165) is 30.8 Å². The number of hydrogen-bond acceptors (Lipinski definition) is 4. The Bertz CT molecular complexity index is 483. The van der Waals surface area contributed by atoms with Crippen molar-refractivity contribution in [3.63, 3.8) is 0 Å². The summed E-state index contributed by atoms with van der Waals surface area (Å²) in [6.45, 7) is 2.41. The van der Waals surface area contributed by atoms with Crippen LogP contribution in [0.25, 0.3) is 0 Å². The van der Waals surface area contributed by atoms with Gasteiger partial charge in [0.2, 0.25) is 6.79 Å². The number of ether oxygens (including phenoxy) is 3. The molecular formula is C15H18O4. The average Bonchev–Trinajstić information content (AvgIpc) is 2.97. The molecule has 4 nitrogen and oxygen atoms in total. The quantitative estimate of drug-likeness (QED) is 0.783. The fourth-order valence-corrected chi connectivity index (χ4v) is 2.81. The molecule has 2 aliphatic rings. The number of carbonyl (C=O) groups is 1. The first-order valence-corrected chi connectivity index (χ1v) is 6.84. The molecule has 1 fully saturated rings. The highest BCUT2D eigenvalue weighted by Crippen LogP contribution is 2.35. The van der Waals surface area contributed by atoms with Crippen LogP contribution < -0.4 is 9.47 Å². The van der Waals surface area contributed by atoms with Crippen molar-refractivity contribution in [2.45, 2.75) is 38.7 Å². The third-order valence-corrected chi connectivity index (χ3v) is 3.75. The van der Waals surface area contributed by atoms with Crippen molar-refractivity contribution in [3.05, 3.63) is 23.8 Å². The molecule has 0 N–H and O–H groups in total. The maximum Gasteiger partial charge on any atom is 0.306 e. The van der Waals surface area contributed by atoms with E-state index in [1.54, 1.807) is 0 Å². The first-order valence-electron chi connectivity index (χ1n) is 6.84. The summed E-state index contributed by atoms with van der Waals surface area (Å²) < 4.78 is 16.1. The van der Waals surface area contributed by atoms with Gasteiger partial charge >= 0.3 is 5.97 Å². The highest BCUT2D eigenvalue weighted by Gasteiger charge is 2.34. The van der Waals surface area contributed by atoms with Crippen LogP contribution in [0, 0.1) is 5.92 Å². The molecule has 0 aromatic heterocycles. The second kappa shape index (κ2) is 5.11. The number of fused-ring (bicyclic) bond motifs is 1.